The second-order valence-corrected chi connectivity index (χ2v) is 4.74. The fourth-order valence-electron chi connectivity index (χ4n) is 1.54. The Morgan fingerprint density at radius 2 is 2.24 bits per heavy atom. The molecular weight excluding hydrogens is 255 g/mol. The van der Waals surface area contributed by atoms with E-state index in [2.05, 4.69) is 5.32 Å². The summed E-state index contributed by atoms with van der Waals surface area (Å²) in [5.74, 6) is -0.377. The van der Waals surface area contributed by atoms with Crippen LogP contribution in [0.3, 0.4) is 0 Å². The molecule has 1 aromatic rings. The minimum atomic E-state index is -4.36. The summed E-state index contributed by atoms with van der Waals surface area (Å²) in [6, 6.07) is 2.20. The summed E-state index contributed by atoms with van der Waals surface area (Å²) < 4.78 is 42.1. The van der Waals surface area contributed by atoms with Gasteiger partial charge in [0, 0.05) is 6.61 Å². The third-order valence-corrected chi connectivity index (χ3v) is 3.40. The molecule has 0 radical (unpaired) electrons. The lowest BCUT2D eigenvalue weighted by atomic mass is 10.2. The predicted molar refractivity (Wildman–Crippen MR) is 56.9 cm³/mol. The molecule has 1 aliphatic heterocycles. The van der Waals surface area contributed by atoms with E-state index >= 15 is 0 Å². The molecule has 1 fully saturated rings. The van der Waals surface area contributed by atoms with Crippen LogP contribution in [0, 0.1) is 0 Å². The molecule has 1 N–H and O–H groups in total. The molecule has 2 rings (SSSR count). The highest BCUT2D eigenvalue weighted by molar-refractivity contribution is 7.16. The standard InChI is InChI=1S/C10H10F3NO2S/c11-10(12,13)7-3-4-8(17-7)14-9(15)6-2-1-5-16-6/h3-4,6H,1-2,5H2,(H,14,15)/t6-/m1/s1. The molecule has 0 unspecified atom stereocenters. The number of hydrogen-bond acceptors (Lipinski definition) is 3. The SMILES string of the molecule is O=C(Nc1ccc(C(F)(F)F)s1)[C@H]1CCCO1. The monoisotopic (exact) mass is 265 g/mol. The number of carbonyl (C=O) groups excluding carboxylic acids is 1. The van der Waals surface area contributed by atoms with Gasteiger partial charge < -0.3 is 10.1 Å². The molecule has 1 saturated heterocycles. The van der Waals surface area contributed by atoms with Gasteiger partial charge in [0.05, 0.1) is 5.00 Å². The van der Waals surface area contributed by atoms with Crippen LogP contribution in [-0.4, -0.2) is 18.6 Å². The first-order chi connectivity index (χ1) is 7.97. The third kappa shape index (κ3) is 2.98. The van der Waals surface area contributed by atoms with Crippen LogP contribution in [0.4, 0.5) is 18.2 Å². The summed E-state index contributed by atoms with van der Waals surface area (Å²) in [6.07, 6.45) is -3.48. The van der Waals surface area contributed by atoms with Crippen molar-refractivity contribution in [1.82, 2.24) is 0 Å². The molecule has 3 nitrogen and oxygen atoms in total. The number of nitrogens with one attached hydrogen (secondary N) is 1. The van der Waals surface area contributed by atoms with E-state index < -0.39 is 17.2 Å². The summed E-state index contributed by atoms with van der Waals surface area (Å²) in [5.41, 5.74) is 0. The van der Waals surface area contributed by atoms with E-state index in [0.29, 0.717) is 24.4 Å². The Morgan fingerprint density at radius 1 is 1.47 bits per heavy atom. The van der Waals surface area contributed by atoms with Crippen molar-refractivity contribution in [2.24, 2.45) is 0 Å². The second-order valence-electron chi connectivity index (χ2n) is 3.65. The Kier molecular flexibility index (Phi) is 3.39. The van der Waals surface area contributed by atoms with Gasteiger partial charge in [-0.3, -0.25) is 4.79 Å². The maximum Gasteiger partial charge on any atom is 0.425 e. The Bertz CT molecular complexity index is 410. The normalized spacial score (nSPS) is 20.5. The van der Waals surface area contributed by atoms with Gasteiger partial charge in [0.25, 0.3) is 5.91 Å². The lowest BCUT2D eigenvalue weighted by molar-refractivity contribution is -0.134. The van der Waals surface area contributed by atoms with Gasteiger partial charge in [0.1, 0.15) is 11.0 Å². The fraction of sp³-hybridized carbons (Fsp3) is 0.500. The highest BCUT2D eigenvalue weighted by Crippen LogP contribution is 2.36. The first kappa shape index (κ1) is 12.4. The van der Waals surface area contributed by atoms with Crippen LogP contribution in [0.25, 0.3) is 0 Å². The molecule has 0 saturated carbocycles. The molecule has 1 atom stereocenters. The van der Waals surface area contributed by atoms with Crippen LogP contribution in [0.15, 0.2) is 12.1 Å². The number of hydrogen-bond donors (Lipinski definition) is 1. The van der Waals surface area contributed by atoms with Gasteiger partial charge in [0.2, 0.25) is 0 Å². The van der Waals surface area contributed by atoms with Crippen molar-refractivity contribution in [2.75, 3.05) is 11.9 Å². The molecule has 1 aliphatic rings. The Balaban J connectivity index is 1.99. The lowest BCUT2D eigenvalue weighted by Gasteiger charge is -2.08. The van der Waals surface area contributed by atoms with Crippen molar-refractivity contribution in [2.45, 2.75) is 25.1 Å². The minimum absolute atomic E-state index is 0.192. The van der Waals surface area contributed by atoms with Crippen molar-refractivity contribution in [3.63, 3.8) is 0 Å². The third-order valence-electron chi connectivity index (χ3n) is 2.35. The number of anilines is 1. The van der Waals surface area contributed by atoms with E-state index in [1.807, 2.05) is 0 Å². The topological polar surface area (TPSA) is 38.3 Å². The molecule has 0 aliphatic carbocycles. The molecule has 94 valence electrons. The predicted octanol–water partition coefficient (Wildman–Crippen LogP) is 2.88. The van der Waals surface area contributed by atoms with Gasteiger partial charge in [-0.2, -0.15) is 13.2 Å². The molecule has 1 aromatic heterocycles. The summed E-state index contributed by atoms with van der Waals surface area (Å²) in [6.45, 7) is 0.524. The average Bonchev–Trinajstić information content (AvgIpc) is 2.85. The van der Waals surface area contributed by atoms with Gasteiger partial charge in [-0.15, -0.1) is 11.3 Å². The number of alkyl halides is 3. The maximum atomic E-state index is 12.3. The number of thiophene rings is 1. The van der Waals surface area contributed by atoms with E-state index in [1.54, 1.807) is 0 Å². The zero-order valence-electron chi connectivity index (χ0n) is 8.71. The molecule has 17 heavy (non-hydrogen) atoms. The summed E-state index contributed by atoms with van der Waals surface area (Å²) in [4.78, 5) is 10.8. The van der Waals surface area contributed by atoms with Crippen molar-refractivity contribution in [3.05, 3.63) is 17.0 Å². The lowest BCUT2D eigenvalue weighted by Crippen LogP contribution is -2.26. The van der Waals surface area contributed by atoms with Gasteiger partial charge in [-0.05, 0) is 25.0 Å². The Labute approximate surface area is 99.6 Å². The Hall–Kier alpha value is -1.08. The molecule has 0 spiro atoms. The first-order valence-corrected chi connectivity index (χ1v) is 5.88. The van der Waals surface area contributed by atoms with E-state index in [1.165, 1.54) is 6.07 Å². The zero-order valence-corrected chi connectivity index (χ0v) is 9.53. The van der Waals surface area contributed by atoms with Crippen LogP contribution in [0.2, 0.25) is 0 Å². The highest BCUT2D eigenvalue weighted by Gasteiger charge is 2.33. The second kappa shape index (κ2) is 4.66. The summed E-state index contributed by atoms with van der Waals surface area (Å²) in [7, 11) is 0. The molecule has 0 aromatic carbocycles. The number of amides is 1. The number of rotatable bonds is 2. The van der Waals surface area contributed by atoms with E-state index in [9.17, 15) is 18.0 Å². The van der Waals surface area contributed by atoms with Gasteiger partial charge in [0.15, 0.2) is 0 Å². The van der Waals surface area contributed by atoms with Gasteiger partial charge in [-0.1, -0.05) is 0 Å². The minimum Gasteiger partial charge on any atom is -0.368 e. The fourth-order valence-corrected chi connectivity index (χ4v) is 2.32. The van der Waals surface area contributed by atoms with Crippen molar-refractivity contribution in [3.8, 4) is 0 Å². The molecule has 7 heteroatoms. The van der Waals surface area contributed by atoms with Crippen molar-refractivity contribution < 1.29 is 22.7 Å². The number of carbonyl (C=O) groups is 1. The molecule has 1 amide bonds. The van der Waals surface area contributed by atoms with Crippen LogP contribution in [-0.2, 0) is 15.7 Å². The van der Waals surface area contributed by atoms with Crippen LogP contribution < -0.4 is 5.32 Å². The van der Waals surface area contributed by atoms with Crippen LogP contribution in [0.5, 0.6) is 0 Å². The number of ether oxygens (including phenoxy) is 1. The van der Waals surface area contributed by atoms with Gasteiger partial charge in [-0.25, -0.2) is 0 Å². The van der Waals surface area contributed by atoms with E-state index in [-0.39, 0.29) is 10.9 Å². The largest absolute Gasteiger partial charge is 0.425 e. The smallest absolute Gasteiger partial charge is 0.368 e. The highest BCUT2D eigenvalue weighted by atomic mass is 32.1. The summed E-state index contributed by atoms with van der Waals surface area (Å²) >= 11 is 0.514. The zero-order chi connectivity index (χ0) is 12.5. The molecular formula is C10H10F3NO2S. The van der Waals surface area contributed by atoms with Gasteiger partial charge >= 0.3 is 6.18 Å². The Morgan fingerprint density at radius 3 is 2.76 bits per heavy atom. The summed E-state index contributed by atoms with van der Waals surface area (Å²) in [5, 5.41) is 2.62. The number of halogens is 3. The van der Waals surface area contributed by atoms with Crippen LogP contribution in [0.1, 0.15) is 17.7 Å². The van der Waals surface area contributed by atoms with Crippen molar-refractivity contribution in [1.29, 1.82) is 0 Å². The van der Waals surface area contributed by atoms with Crippen molar-refractivity contribution >= 4 is 22.2 Å². The molecule has 0 bridgehead atoms. The maximum absolute atomic E-state index is 12.3. The van der Waals surface area contributed by atoms with Crippen LogP contribution >= 0.6 is 11.3 Å². The first-order valence-electron chi connectivity index (χ1n) is 5.06. The van der Waals surface area contributed by atoms with E-state index in [4.69, 9.17) is 4.74 Å². The molecule has 2 heterocycles. The average molecular weight is 265 g/mol. The quantitative estimate of drug-likeness (QED) is 0.893. The van der Waals surface area contributed by atoms with E-state index in [0.717, 1.165) is 12.5 Å².